The van der Waals surface area contributed by atoms with Gasteiger partial charge in [0, 0.05) is 26.2 Å². The molecule has 2 aliphatic rings. The second-order valence-corrected chi connectivity index (χ2v) is 6.20. The molecule has 4 heteroatoms. The molecular weight excluding hydrogens is 322 g/mol. The van der Waals surface area contributed by atoms with Gasteiger partial charge in [-0.1, -0.05) is 19.1 Å². The van der Waals surface area contributed by atoms with E-state index in [1.807, 2.05) is 13.8 Å². The highest BCUT2D eigenvalue weighted by molar-refractivity contribution is 6.02. The van der Waals surface area contributed by atoms with Crippen LogP contribution in [-0.4, -0.2) is 48.9 Å². The third-order valence-electron chi connectivity index (χ3n) is 4.13. The summed E-state index contributed by atoms with van der Waals surface area (Å²) in [6.07, 6.45) is 12.5. The number of piperazine rings is 1. The number of rotatable bonds is 1. The van der Waals surface area contributed by atoms with E-state index >= 15 is 0 Å². The maximum absolute atomic E-state index is 5.79. The van der Waals surface area contributed by atoms with Crippen LogP contribution in [0.4, 0.5) is 0 Å². The summed E-state index contributed by atoms with van der Waals surface area (Å²) < 4.78 is 5.79. The Morgan fingerprint density at radius 3 is 2.42 bits per heavy atom. The zero-order valence-corrected chi connectivity index (χ0v) is 16.5. The molecule has 3 rings (SSSR count). The van der Waals surface area contributed by atoms with Crippen LogP contribution in [0.2, 0.25) is 0 Å². The maximum atomic E-state index is 5.79. The van der Waals surface area contributed by atoms with Gasteiger partial charge < -0.3 is 14.5 Å². The van der Waals surface area contributed by atoms with Gasteiger partial charge in [-0.15, -0.1) is 19.4 Å². The quantitative estimate of drug-likeness (QED) is 0.565. The minimum atomic E-state index is 0.904. The van der Waals surface area contributed by atoms with E-state index in [0.29, 0.717) is 0 Å². The molecule has 0 atom stereocenters. The molecule has 2 heterocycles. The molecule has 140 valence electrons. The van der Waals surface area contributed by atoms with Gasteiger partial charge in [0.05, 0.1) is 11.3 Å². The number of fused-ring (bicyclic) bond motifs is 1. The molecule has 0 saturated carbocycles. The number of hydrogen-bond donors (Lipinski definition) is 0. The largest absolute Gasteiger partial charge is 0.462 e. The number of allylic oxidation sites excluding steroid dienone is 2. The smallest absolute Gasteiger partial charge is 0.140 e. The van der Waals surface area contributed by atoms with E-state index in [-0.39, 0.29) is 0 Å². The van der Waals surface area contributed by atoms with E-state index in [4.69, 9.17) is 9.73 Å². The van der Waals surface area contributed by atoms with Crippen LogP contribution in [0.3, 0.4) is 0 Å². The summed E-state index contributed by atoms with van der Waals surface area (Å²) in [7, 11) is 2.17. The second kappa shape index (κ2) is 11.2. The summed E-state index contributed by atoms with van der Waals surface area (Å²) in [5.41, 5.74) is 3.35. The summed E-state index contributed by atoms with van der Waals surface area (Å²) in [6.45, 7) is 13.6. The molecule has 1 aromatic carbocycles. The number of ether oxygens (including phenoxy) is 1. The summed E-state index contributed by atoms with van der Waals surface area (Å²) in [5, 5.41) is 0. The lowest BCUT2D eigenvalue weighted by Crippen LogP contribution is -2.47. The number of likely N-dealkylation sites (N-methyl/N-ethyl adjacent to an activating group) is 1. The highest BCUT2D eigenvalue weighted by Gasteiger charge is 2.23. The van der Waals surface area contributed by atoms with Crippen molar-refractivity contribution in [1.82, 2.24) is 9.80 Å². The van der Waals surface area contributed by atoms with Crippen LogP contribution in [0.5, 0.6) is 5.75 Å². The first-order chi connectivity index (χ1) is 12.6. The molecule has 26 heavy (non-hydrogen) atoms. The predicted molar refractivity (Wildman–Crippen MR) is 112 cm³/mol. The molecular formula is C22H31N3O. The highest BCUT2D eigenvalue weighted by atomic mass is 16.5. The molecule has 2 aliphatic heterocycles. The van der Waals surface area contributed by atoms with E-state index < -0.39 is 0 Å². The zero-order valence-electron chi connectivity index (χ0n) is 16.5. The number of terminal acetylenes is 1. The van der Waals surface area contributed by atoms with Gasteiger partial charge in [0.1, 0.15) is 17.8 Å². The fourth-order valence-electron chi connectivity index (χ4n) is 2.74. The van der Waals surface area contributed by atoms with Gasteiger partial charge in [0.15, 0.2) is 0 Å². The number of nitrogens with zero attached hydrogens (tertiary/aromatic N) is 3. The van der Waals surface area contributed by atoms with Crippen molar-refractivity contribution < 1.29 is 4.74 Å². The van der Waals surface area contributed by atoms with E-state index in [1.165, 1.54) is 5.56 Å². The molecule has 1 saturated heterocycles. The lowest BCUT2D eigenvalue weighted by molar-refractivity contribution is 0.215. The van der Waals surface area contributed by atoms with Crippen LogP contribution in [-0.2, 0) is 6.42 Å². The Morgan fingerprint density at radius 1 is 1.23 bits per heavy atom. The minimum Gasteiger partial charge on any atom is -0.462 e. The molecule has 0 aromatic heterocycles. The Kier molecular flexibility index (Phi) is 9.25. The van der Waals surface area contributed by atoms with E-state index in [1.54, 1.807) is 12.3 Å². The normalized spacial score (nSPS) is 16.2. The first kappa shape index (κ1) is 21.5. The molecule has 4 nitrogen and oxygen atoms in total. The molecule has 0 aliphatic carbocycles. The van der Waals surface area contributed by atoms with Crippen molar-refractivity contribution in [1.29, 1.82) is 0 Å². The Morgan fingerprint density at radius 2 is 1.85 bits per heavy atom. The van der Waals surface area contributed by atoms with Crippen molar-refractivity contribution >= 4 is 5.84 Å². The standard InChI is InChI=1S/C17H23N3O.C3H6.C2H2/c1-4-14-5-6-16-15(11-14)17(18-13(2)12-21-16)20-9-7-19(3)8-10-20;1-3-2;1-2/h5-6,11-12H,4,7-10H2,1-3H3;3H,1H2,2H3;1-2H. The van der Waals surface area contributed by atoms with Crippen molar-refractivity contribution in [3.8, 4) is 18.6 Å². The third kappa shape index (κ3) is 5.79. The van der Waals surface area contributed by atoms with Crippen LogP contribution in [0.1, 0.15) is 31.9 Å². The first-order valence-corrected chi connectivity index (χ1v) is 8.98. The topological polar surface area (TPSA) is 28.1 Å². The maximum Gasteiger partial charge on any atom is 0.140 e. The van der Waals surface area contributed by atoms with Crippen LogP contribution in [0.25, 0.3) is 0 Å². The highest BCUT2D eigenvalue weighted by Crippen LogP contribution is 2.27. The average Bonchev–Trinajstić information content (AvgIpc) is 2.83. The first-order valence-electron chi connectivity index (χ1n) is 8.98. The van der Waals surface area contributed by atoms with E-state index in [9.17, 15) is 0 Å². The van der Waals surface area contributed by atoms with Gasteiger partial charge in [-0.3, -0.25) is 0 Å². The monoisotopic (exact) mass is 353 g/mol. The SMILES string of the molecule is C#C.C=CC.CCc1ccc2c(c1)C(N1CCN(C)CC1)=NC(C)=CO2. The fourth-order valence-corrected chi connectivity index (χ4v) is 2.74. The molecule has 0 unspecified atom stereocenters. The number of aryl methyl sites for hydroxylation is 1. The van der Waals surface area contributed by atoms with Crippen molar-refractivity contribution in [3.05, 3.63) is 53.9 Å². The number of aliphatic imine (C=N–C) groups is 1. The van der Waals surface area contributed by atoms with Crippen molar-refractivity contribution in [3.63, 3.8) is 0 Å². The number of amidine groups is 1. The zero-order chi connectivity index (χ0) is 19.5. The summed E-state index contributed by atoms with van der Waals surface area (Å²) >= 11 is 0. The van der Waals surface area contributed by atoms with Crippen LogP contribution < -0.4 is 4.74 Å². The van der Waals surface area contributed by atoms with E-state index in [0.717, 1.165) is 55.4 Å². The molecule has 1 aromatic rings. The van der Waals surface area contributed by atoms with Gasteiger partial charge in [-0.25, -0.2) is 4.99 Å². The molecule has 0 radical (unpaired) electrons. The van der Waals surface area contributed by atoms with Crippen LogP contribution >= 0.6 is 0 Å². The van der Waals surface area contributed by atoms with Crippen LogP contribution in [0, 0.1) is 12.8 Å². The lowest BCUT2D eigenvalue weighted by Gasteiger charge is -2.34. The second-order valence-electron chi connectivity index (χ2n) is 6.20. The summed E-state index contributed by atoms with van der Waals surface area (Å²) in [5.74, 6) is 1.96. The van der Waals surface area contributed by atoms with Crippen molar-refractivity contribution in [2.45, 2.75) is 27.2 Å². The average molecular weight is 354 g/mol. The Balaban J connectivity index is 0.000000615. The van der Waals surface area contributed by atoms with Crippen LogP contribution in [0.15, 0.2) is 47.8 Å². The third-order valence-corrected chi connectivity index (χ3v) is 4.13. The number of benzene rings is 1. The minimum absolute atomic E-state index is 0.904. The lowest BCUT2D eigenvalue weighted by atomic mass is 10.1. The van der Waals surface area contributed by atoms with Gasteiger partial charge >= 0.3 is 0 Å². The fraction of sp³-hybridized carbons (Fsp3) is 0.409. The molecule has 1 fully saturated rings. The van der Waals surface area contributed by atoms with E-state index in [2.05, 4.69) is 61.4 Å². The van der Waals surface area contributed by atoms with Crippen molar-refractivity contribution in [2.75, 3.05) is 33.2 Å². The Labute approximate surface area is 158 Å². The van der Waals surface area contributed by atoms with Gasteiger partial charge in [0.2, 0.25) is 0 Å². The Bertz CT molecular complexity index is 665. The molecule has 0 bridgehead atoms. The summed E-state index contributed by atoms with van der Waals surface area (Å²) in [4.78, 5) is 9.54. The van der Waals surface area contributed by atoms with Gasteiger partial charge in [-0.2, -0.15) is 0 Å². The predicted octanol–water partition coefficient (Wildman–Crippen LogP) is 3.94. The van der Waals surface area contributed by atoms with Gasteiger partial charge in [-0.05, 0) is 45.0 Å². The van der Waals surface area contributed by atoms with Gasteiger partial charge in [0.25, 0.3) is 0 Å². The number of hydrogen-bond acceptors (Lipinski definition) is 4. The molecule has 0 N–H and O–H groups in total. The Hall–Kier alpha value is -2.51. The molecule has 0 amide bonds. The molecule has 0 spiro atoms. The summed E-state index contributed by atoms with van der Waals surface area (Å²) in [6, 6.07) is 6.42. The van der Waals surface area contributed by atoms with Crippen molar-refractivity contribution in [2.24, 2.45) is 4.99 Å².